The summed E-state index contributed by atoms with van der Waals surface area (Å²) >= 11 is 0. The normalized spacial score (nSPS) is 12.1. The van der Waals surface area contributed by atoms with E-state index in [0.29, 0.717) is 56.7 Å². The van der Waals surface area contributed by atoms with Gasteiger partial charge in [0, 0.05) is 76.1 Å². The Morgan fingerprint density at radius 3 is 1.10 bits per heavy atom. The molecule has 0 atom stereocenters. The van der Waals surface area contributed by atoms with Crippen LogP contribution in [0.4, 0.5) is 5.69 Å². The van der Waals surface area contributed by atoms with Crippen molar-refractivity contribution in [1.29, 1.82) is 0 Å². The van der Waals surface area contributed by atoms with Crippen molar-refractivity contribution in [1.82, 2.24) is 24.1 Å². The molecule has 0 amide bonds. The molecule has 0 N–H and O–H groups in total. The highest BCUT2D eigenvalue weighted by Gasteiger charge is 2.32. The first-order valence-corrected chi connectivity index (χ1v) is 32.7. The zero-order valence-electron chi connectivity index (χ0n) is 52.0. The van der Waals surface area contributed by atoms with Crippen LogP contribution in [0.3, 0.4) is 0 Å². The molecule has 14 aromatic carbocycles. The largest absolute Gasteiger partial charge is 0.456 e. The molecule has 0 spiro atoms. The van der Waals surface area contributed by atoms with E-state index in [0.717, 1.165) is 159 Å². The maximum atomic E-state index is 9.73. The van der Waals surface area contributed by atoms with Gasteiger partial charge in [-0.05, 0) is 131 Å². The lowest BCUT2D eigenvalue weighted by Gasteiger charge is -2.24. The van der Waals surface area contributed by atoms with Crippen LogP contribution in [-0.2, 0) is 0 Å². The van der Waals surface area contributed by atoms with Crippen LogP contribution in [0.2, 0.25) is 0 Å². The number of benzene rings is 14. The van der Waals surface area contributed by atoms with E-state index in [1.807, 2.05) is 97.1 Å². The van der Waals surface area contributed by atoms with Crippen molar-refractivity contribution in [2.24, 2.45) is 0 Å². The molecule has 0 fully saturated rings. The molecule has 10 heteroatoms. The fourth-order valence-electron chi connectivity index (χ4n) is 15.4. The fourth-order valence-corrected chi connectivity index (χ4v) is 15.4. The molecule has 98 heavy (non-hydrogen) atoms. The molecule has 454 valence electrons. The highest BCUT2D eigenvalue weighted by atomic mass is 16.3. The lowest BCUT2D eigenvalue weighted by molar-refractivity contribution is 0.668. The van der Waals surface area contributed by atoms with Crippen LogP contribution in [0.25, 0.3) is 215 Å². The van der Waals surface area contributed by atoms with Crippen molar-refractivity contribution in [3.8, 4) is 78.9 Å². The number of furan rings is 4. The van der Waals surface area contributed by atoms with Crippen molar-refractivity contribution in [2.45, 2.75) is 0 Å². The Hall–Kier alpha value is -13.6. The first-order valence-electron chi connectivity index (χ1n) is 32.7. The zero-order chi connectivity index (χ0) is 64.3. The molecule has 0 bridgehead atoms. The monoisotopic (exact) mass is 1250 g/mol. The molecule has 0 aliphatic heterocycles. The van der Waals surface area contributed by atoms with Crippen molar-refractivity contribution < 1.29 is 17.7 Å². The van der Waals surface area contributed by atoms with E-state index < -0.39 is 0 Å². The van der Waals surface area contributed by atoms with Gasteiger partial charge < -0.3 is 26.8 Å². The minimum atomic E-state index is 0.336. The number of para-hydroxylation sites is 4. The standard InChI is InChI=1S/C88H48N6O4/c1-89-68-49-67(88-91-86(55-33-37-61-57-25-11-15-29-73(57)95-77(61)47-55)90-87(92-88)56-34-38-62-58-26-12-16-30-74(58)96-78(62)48-56)82(93-69-41-35-53(50-19-5-2-6-20-50)45-65(69)80-71(93)43-39-63-59-27-13-17-31-75(59)97-84(63)80)79(52-23-9-4-10-24-52)83(68)94-70-42-36-54(51-21-7-3-8-22-51)46-66(70)81-72(94)44-40-64-60-28-14-18-32-76(60)98-85(64)81/h2-49H. The van der Waals surface area contributed by atoms with Crippen LogP contribution in [0.15, 0.2) is 309 Å². The molecule has 0 saturated carbocycles. The third kappa shape index (κ3) is 7.92. The first-order chi connectivity index (χ1) is 48.5. The fraction of sp³-hybridized carbons (Fsp3) is 0. The van der Waals surface area contributed by atoms with E-state index in [4.69, 9.17) is 32.6 Å². The summed E-state index contributed by atoms with van der Waals surface area (Å²) in [6, 6.07) is 101. The predicted octanol–water partition coefficient (Wildman–Crippen LogP) is 24.2. The van der Waals surface area contributed by atoms with E-state index in [1.165, 1.54) is 0 Å². The van der Waals surface area contributed by atoms with Gasteiger partial charge in [0.05, 0.1) is 50.8 Å². The van der Waals surface area contributed by atoms with Gasteiger partial charge in [-0.1, -0.05) is 188 Å². The summed E-state index contributed by atoms with van der Waals surface area (Å²) < 4.78 is 32.0. The number of fused-ring (bicyclic) bond motifs is 20. The van der Waals surface area contributed by atoms with Crippen molar-refractivity contribution in [2.75, 3.05) is 0 Å². The molecule has 10 nitrogen and oxygen atoms in total. The summed E-state index contributed by atoms with van der Waals surface area (Å²) in [6.07, 6.45) is 0. The van der Waals surface area contributed by atoms with Gasteiger partial charge in [-0.25, -0.2) is 19.8 Å². The predicted molar refractivity (Wildman–Crippen MR) is 396 cm³/mol. The number of hydrogen-bond acceptors (Lipinski definition) is 7. The van der Waals surface area contributed by atoms with Gasteiger partial charge in [-0.3, -0.25) is 0 Å². The Bertz CT molecular complexity index is 6870. The highest BCUT2D eigenvalue weighted by molar-refractivity contribution is 6.27. The quantitative estimate of drug-likeness (QED) is 0.140. The Kier molecular flexibility index (Phi) is 11.4. The van der Waals surface area contributed by atoms with Crippen molar-refractivity contribution >= 4 is 137 Å². The molecule has 0 radical (unpaired) electrons. The van der Waals surface area contributed by atoms with E-state index in [9.17, 15) is 6.57 Å². The van der Waals surface area contributed by atoms with Gasteiger partial charge in [0.15, 0.2) is 17.5 Å². The summed E-state index contributed by atoms with van der Waals surface area (Å²) in [4.78, 5) is 21.5. The van der Waals surface area contributed by atoms with Crippen molar-refractivity contribution in [3.63, 3.8) is 0 Å². The van der Waals surface area contributed by atoms with Crippen LogP contribution < -0.4 is 0 Å². The van der Waals surface area contributed by atoms with Crippen LogP contribution in [0, 0.1) is 6.57 Å². The molecule has 7 aromatic heterocycles. The van der Waals surface area contributed by atoms with Gasteiger partial charge in [0.2, 0.25) is 5.69 Å². The lowest BCUT2D eigenvalue weighted by Crippen LogP contribution is -2.08. The van der Waals surface area contributed by atoms with Gasteiger partial charge in [-0.15, -0.1) is 0 Å². The second-order valence-electron chi connectivity index (χ2n) is 25.2. The van der Waals surface area contributed by atoms with Crippen LogP contribution in [0.1, 0.15) is 0 Å². The minimum absolute atomic E-state index is 0.336. The summed E-state index contributed by atoms with van der Waals surface area (Å²) in [5.74, 6) is 1.15. The molecule has 7 heterocycles. The molecule has 0 saturated heterocycles. The summed E-state index contributed by atoms with van der Waals surface area (Å²) in [6.45, 7) is 9.73. The smallest absolute Gasteiger partial charge is 0.212 e. The minimum Gasteiger partial charge on any atom is -0.456 e. The molecule has 0 unspecified atom stereocenters. The Morgan fingerprint density at radius 2 is 0.633 bits per heavy atom. The SMILES string of the molecule is [C-]#[N+]c1cc(-c2nc(-c3ccc4c(c3)oc3ccccc34)nc(-c3ccc4c(c3)oc3ccccc34)n2)c(-n2c3ccc(-c4ccccc4)cc3c3c4oc5ccccc5c4ccc32)c(-c2ccccc2)c1-n1c2ccc(-c3ccccc3)cc2c2c3oc4ccccc4c3ccc21. The molecular weight excluding hydrogens is 1210 g/mol. The maximum Gasteiger partial charge on any atom is 0.212 e. The zero-order valence-corrected chi connectivity index (χ0v) is 52.0. The van der Waals surface area contributed by atoms with Crippen LogP contribution >= 0.6 is 0 Å². The van der Waals surface area contributed by atoms with Crippen LogP contribution in [-0.4, -0.2) is 24.1 Å². The number of aromatic nitrogens is 5. The second kappa shape index (κ2) is 20.7. The molecule has 0 aliphatic rings. The average molecular weight is 1250 g/mol. The summed E-state index contributed by atoms with van der Waals surface area (Å²) in [5, 5.41) is 11.8. The topological polar surface area (TPSA) is 105 Å². The third-order valence-electron chi connectivity index (χ3n) is 19.8. The van der Waals surface area contributed by atoms with Crippen molar-refractivity contribution in [3.05, 3.63) is 303 Å². The number of hydrogen-bond donors (Lipinski definition) is 0. The van der Waals surface area contributed by atoms with E-state index in [2.05, 4.69) is 208 Å². The van der Waals surface area contributed by atoms with Crippen LogP contribution in [0.5, 0.6) is 0 Å². The van der Waals surface area contributed by atoms with E-state index in [-0.39, 0.29) is 0 Å². The van der Waals surface area contributed by atoms with E-state index >= 15 is 0 Å². The molecule has 0 aliphatic carbocycles. The lowest BCUT2D eigenvalue weighted by atomic mass is 9.94. The number of rotatable bonds is 8. The molecule has 21 rings (SSSR count). The Labute approximate surface area is 557 Å². The van der Waals surface area contributed by atoms with Gasteiger partial charge >= 0.3 is 0 Å². The molecule has 21 aromatic rings. The average Bonchev–Trinajstić information content (AvgIpc) is 1.50. The Balaban J connectivity index is 0.943. The molecular formula is C88H48N6O4. The van der Waals surface area contributed by atoms with Gasteiger partial charge in [0.1, 0.15) is 44.7 Å². The first kappa shape index (κ1) is 53.8. The van der Waals surface area contributed by atoms with Gasteiger partial charge in [-0.2, -0.15) is 0 Å². The third-order valence-corrected chi connectivity index (χ3v) is 19.8. The number of nitrogens with zero attached hydrogens (tertiary/aromatic N) is 6. The second-order valence-corrected chi connectivity index (χ2v) is 25.2. The Morgan fingerprint density at radius 1 is 0.265 bits per heavy atom. The summed E-state index contributed by atoms with van der Waals surface area (Å²) in [5.41, 5.74) is 19.2. The maximum absolute atomic E-state index is 9.73. The van der Waals surface area contributed by atoms with E-state index in [1.54, 1.807) is 0 Å². The highest BCUT2D eigenvalue weighted by Crippen LogP contribution is 2.53. The van der Waals surface area contributed by atoms with Gasteiger partial charge in [0.25, 0.3) is 0 Å². The summed E-state index contributed by atoms with van der Waals surface area (Å²) in [7, 11) is 0.